The van der Waals surface area contributed by atoms with Gasteiger partial charge in [-0.2, -0.15) is 0 Å². The number of aliphatic imine (C=N–C) groups is 1. The summed E-state index contributed by atoms with van der Waals surface area (Å²) in [6.45, 7) is 5.01. The van der Waals surface area contributed by atoms with E-state index in [0.29, 0.717) is 18.4 Å². The van der Waals surface area contributed by atoms with E-state index in [1.807, 2.05) is 18.2 Å². The number of nitrogens with two attached hydrogens (primary N) is 1. The molecule has 2 N–H and O–H groups in total. The van der Waals surface area contributed by atoms with Gasteiger partial charge in [0, 0.05) is 31.4 Å². The Bertz CT molecular complexity index is 605. The van der Waals surface area contributed by atoms with Crippen molar-refractivity contribution in [1.29, 1.82) is 0 Å². The Kier molecular flexibility index (Phi) is 6.11. The number of benzene rings is 1. The third-order valence-electron chi connectivity index (χ3n) is 4.09. The third kappa shape index (κ3) is 4.15. The van der Waals surface area contributed by atoms with Crippen LogP contribution in [0.4, 0.5) is 0 Å². The molecule has 120 valence electrons. The SMILES string of the molecule is CC1CCCN(C(N)=NCCc2cc3ccccc3o2)C1.I. The minimum absolute atomic E-state index is 0. The van der Waals surface area contributed by atoms with Gasteiger partial charge in [-0.3, -0.25) is 4.99 Å². The van der Waals surface area contributed by atoms with Crippen LogP contribution < -0.4 is 5.73 Å². The second kappa shape index (κ2) is 7.85. The maximum absolute atomic E-state index is 6.10. The Morgan fingerprint density at radius 2 is 2.23 bits per heavy atom. The van der Waals surface area contributed by atoms with Gasteiger partial charge in [-0.15, -0.1) is 24.0 Å². The first-order valence-electron chi connectivity index (χ1n) is 7.74. The summed E-state index contributed by atoms with van der Waals surface area (Å²) >= 11 is 0. The van der Waals surface area contributed by atoms with E-state index in [2.05, 4.69) is 28.9 Å². The number of hydrogen-bond donors (Lipinski definition) is 1. The number of piperidine rings is 1. The lowest BCUT2D eigenvalue weighted by Crippen LogP contribution is -2.43. The van der Waals surface area contributed by atoms with Crippen LogP contribution in [0.1, 0.15) is 25.5 Å². The molecule has 4 nitrogen and oxygen atoms in total. The molecule has 1 aromatic carbocycles. The first kappa shape index (κ1) is 17.1. The molecule has 1 fully saturated rings. The molecule has 2 aromatic rings. The molecule has 0 amide bonds. The van der Waals surface area contributed by atoms with Crippen molar-refractivity contribution >= 4 is 40.9 Å². The van der Waals surface area contributed by atoms with Gasteiger partial charge in [-0.25, -0.2) is 0 Å². The van der Waals surface area contributed by atoms with Crippen LogP contribution in [-0.4, -0.2) is 30.5 Å². The van der Waals surface area contributed by atoms with E-state index in [9.17, 15) is 0 Å². The molecular formula is C17H24IN3O. The fourth-order valence-electron chi connectivity index (χ4n) is 2.94. The van der Waals surface area contributed by atoms with Gasteiger partial charge >= 0.3 is 0 Å². The summed E-state index contributed by atoms with van der Waals surface area (Å²) in [6, 6.07) is 10.2. The van der Waals surface area contributed by atoms with Crippen molar-refractivity contribution in [2.24, 2.45) is 16.6 Å². The van der Waals surface area contributed by atoms with Crippen LogP contribution in [0.5, 0.6) is 0 Å². The summed E-state index contributed by atoms with van der Waals surface area (Å²) in [4.78, 5) is 6.71. The number of halogens is 1. The first-order valence-corrected chi connectivity index (χ1v) is 7.74. The van der Waals surface area contributed by atoms with E-state index in [4.69, 9.17) is 10.2 Å². The zero-order chi connectivity index (χ0) is 14.7. The number of likely N-dealkylation sites (tertiary alicyclic amines) is 1. The minimum Gasteiger partial charge on any atom is -0.461 e. The van der Waals surface area contributed by atoms with Crippen molar-refractivity contribution in [3.8, 4) is 0 Å². The molecule has 0 spiro atoms. The van der Waals surface area contributed by atoms with Crippen molar-refractivity contribution < 1.29 is 4.42 Å². The quantitative estimate of drug-likeness (QED) is 0.475. The molecule has 1 aliphatic rings. The van der Waals surface area contributed by atoms with Gasteiger partial charge in [-0.1, -0.05) is 25.1 Å². The van der Waals surface area contributed by atoms with Crippen LogP contribution in [0.3, 0.4) is 0 Å². The monoisotopic (exact) mass is 413 g/mol. The molecule has 0 radical (unpaired) electrons. The molecule has 0 saturated carbocycles. The second-order valence-corrected chi connectivity index (χ2v) is 5.93. The molecule has 2 heterocycles. The number of guanidine groups is 1. The van der Waals surface area contributed by atoms with Crippen LogP contribution in [-0.2, 0) is 6.42 Å². The molecular weight excluding hydrogens is 389 g/mol. The number of furan rings is 1. The van der Waals surface area contributed by atoms with Crippen molar-refractivity contribution in [2.45, 2.75) is 26.2 Å². The summed E-state index contributed by atoms with van der Waals surface area (Å²) < 4.78 is 5.79. The van der Waals surface area contributed by atoms with E-state index in [1.165, 1.54) is 12.8 Å². The molecule has 1 saturated heterocycles. The van der Waals surface area contributed by atoms with Crippen molar-refractivity contribution in [3.05, 3.63) is 36.1 Å². The highest BCUT2D eigenvalue weighted by Gasteiger charge is 2.17. The molecule has 3 rings (SSSR count). The van der Waals surface area contributed by atoms with E-state index < -0.39 is 0 Å². The Labute approximate surface area is 148 Å². The lowest BCUT2D eigenvalue weighted by atomic mass is 10.0. The lowest BCUT2D eigenvalue weighted by molar-refractivity contribution is 0.270. The summed E-state index contributed by atoms with van der Waals surface area (Å²) in [5.41, 5.74) is 7.03. The topological polar surface area (TPSA) is 54.8 Å². The lowest BCUT2D eigenvalue weighted by Gasteiger charge is -2.31. The minimum atomic E-state index is 0. The van der Waals surface area contributed by atoms with E-state index in [1.54, 1.807) is 0 Å². The largest absolute Gasteiger partial charge is 0.461 e. The fraction of sp³-hybridized carbons (Fsp3) is 0.471. The summed E-state index contributed by atoms with van der Waals surface area (Å²) in [7, 11) is 0. The standard InChI is InChI=1S/C17H23N3O.HI/c1-13-5-4-10-20(12-13)17(18)19-9-8-15-11-14-6-2-3-7-16(14)21-15;/h2-3,6-7,11,13H,4-5,8-10,12H2,1H3,(H2,18,19);1H. The fourth-order valence-corrected chi connectivity index (χ4v) is 2.94. The van der Waals surface area contributed by atoms with Crippen molar-refractivity contribution in [2.75, 3.05) is 19.6 Å². The van der Waals surface area contributed by atoms with Gasteiger partial charge in [0.15, 0.2) is 5.96 Å². The third-order valence-corrected chi connectivity index (χ3v) is 4.09. The molecule has 1 atom stereocenters. The average Bonchev–Trinajstić information content (AvgIpc) is 2.89. The van der Waals surface area contributed by atoms with Gasteiger partial charge < -0.3 is 15.1 Å². The first-order chi connectivity index (χ1) is 10.2. The summed E-state index contributed by atoms with van der Waals surface area (Å²) in [5, 5.41) is 1.15. The number of para-hydroxylation sites is 1. The molecule has 22 heavy (non-hydrogen) atoms. The predicted molar refractivity (Wildman–Crippen MR) is 102 cm³/mol. The molecule has 1 aliphatic heterocycles. The van der Waals surface area contributed by atoms with Crippen LogP contribution in [0.2, 0.25) is 0 Å². The van der Waals surface area contributed by atoms with Crippen molar-refractivity contribution in [1.82, 2.24) is 4.90 Å². The molecule has 1 aromatic heterocycles. The zero-order valence-electron chi connectivity index (χ0n) is 13.0. The van der Waals surface area contributed by atoms with Crippen LogP contribution in [0.25, 0.3) is 11.0 Å². The van der Waals surface area contributed by atoms with Crippen LogP contribution in [0.15, 0.2) is 39.7 Å². The zero-order valence-corrected chi connectivity index (χ0v) is 15.3. The highest BCUT2D eigenvalue weighted by Crippen LogP contribution is 2.19. The van der Waals surface area contributed by atoms with E-state index in [0.717, 1.165) is 36.2 Å². The summed E-state index contributed by atoms with van der Waals surface area (Å²) in [6.07, 6.45) is 3.29. The van der Waals surface area contributed by atoms with E-state index >= 15 is 0 Å². The Morgan fingerprint density at radius 1 is 1.41 bits per heavy atom. The Balaban J connectivity index is 0.00000176. The van der Waals surface area contributed by atoms with Crippen LogP contribution in [0, 0.1) is 5.92 Å². The van der Waals surface area contributed by atoms with Crippen molar-refractivity contribution in [3.63, 3.8) is 0 Å². The molecule has 0 bridgehead atoms. The van der Waals surface area contributed by atoms with Crippen LogP contribution >= 0.6 is 24.0 Å². The van der Waals surface area contributed by atoms with Gasteiger partial charge in [-0.05, 0) is 30.9 Å². The number of hydrogen-bond acceptors (Lipinski definition) is 2. The second-order valence-electron chi connectivity index (χ2n) is 5.93. The highest BCUT2D eigenvalue weighted by atomic mass is 127. The Morgan fingerprint density at radius 3 is 3.00 bits per heavy atom. The number of rotatable bonds is 3. The smallest absolute Gasteiger partial charge is 0.191 e. The maximum Gasteiger partial charge on any atom is 0.191 e. The Hall–Kier alpha value is -1.24. The van der Waals surface area contributed by atoms with Gasteiger partial charge in [0.05, 0.1) is 0 Å². The van der Waals surface area contributed by atoms with Gasteiger partial charge in [0.2, 0.25) is 0 Å². The van der Waals surface area contributed by atoms with E-state index in [-0.39, 0.29) is 24.0 Å². The molecule has 1 unspecified atom stereocenters. The molecule has 0 aliphatic carbocycles. The summed E-state index contributed by atoms with van der Waals surface area (Å²) in [5.74, 6) is 2.36. The number of fused-ring (bicyclic) bond motifs is 1. The number of nitrogens with zero attached hydrogens (tertiary/aromatic N) is 2. The highest BCUT2D eigenvalue weighted by molar-refractivity contribution is 14.0. The van der Waals surface area contributed by atoms with Gasteiger partial charge in [0.1, 0.15) is 11.3 Å². The molecule has 5 heteroatoms. The predicted octanol–water partition coefficient (Wildman–Crippen LogP) is 3.64. The maximum atomic E-state index is 6.10. The average molecular weight is 413 g/mol. The van der Waals surface area contributed by atoms with Gasteiger partial charge in [0.25, 0.3) is 0 Å². The normalized spacial score (nSPS) is 19.2.